The van der Waals surface area contributed by atoms with E-state index in [2.05, 4.69) is 22.4 Å². The van der Waals surface area contributed by atoms with Gasteiger partial charge in [-0.2, -0.15) is 5.26 Å². The first kappa shape index (κ1) is 12.5. The van der Waals surface area contributed by atoms with Crippen molar-refractivity contribution in [2.24, 2.45) is 10.2 Å². The van der Waals surface area contributed by atoms with E-state index in [9.17, 15) is 0 Å². The lowest BCUT2D eigenvalue weighted by Crippen LogP contribution is -1.84. The van der Waals surface area contributed by atoms with Gasteiger partial charge in [0.25, 0.3) is 0 Å². The molecule has 1 aromatic heterocycles. The topological polar surface area (TPSA) is 57.7 Å². The first-order valence-electron chi connectivity index (χ1n) is 5.62. The van der Waals surface area contributed by atoms with Crippen LogP contribution in [0.15, 0.2) is 34.2 Å². The first-order chi connectivity index (χ1) is 8.76. The molecule has 4 nitrogen and oxygen atoms in total. The van der Waals surface area contributed by atoms with Crippen LogP contribution in [0.1, 0.15) is 23.3 Å². The normalized spacial score (nSPS) is 14.6. The fraction of sp³-hybridized carbons (Fsp3) is 0.308. The number of hydrogen-bond donors (Lipinski definition) is 0. The first-order valence-corrected chi connectivity index (χ1v) is 6.44. The van der Waals surface area contributed by atoms with Gasteiger partial charge >= 0.3 is 0 Å². The molecule has 2 rings (SSSR count). The third-order valence-electron chi connectivity index (χ3n) is 2.57. The van der Waals surface area contributed by atoms with Gasteiger partial charge in [0.1, 0.15) is 11.6 Å². The minimum atomic E-state index is 0.518. The third-order valence-corrected chi connectivity index (χ3v) is 3.54. The molecule has 0 fully saturated rings. The average molecular weight is 259 g/mol. The quantitative estimate of drug-likeness (QED) is 0.762. The molecule has 0 radical (unpaired) electrons. The summed E-state index contributed by atoms with van der Waals surface area (Å²) in [6, 6.07) is 2.13. The Kier molecular flexibility index (Phi) is 3.90. The summed E-state index contributed by atoms with van der Waals surface area (Å²) in [7, 11) is 1.54. The van der Waals surface area contributed by atoms with Gasteiger partial charge in [-0.15, -0.1) is 21.6 Å². The number of rotatable bonds is 3. The molecule has 5 heteroatoms. The Morgan fingerprint density at radius 1 is 1.39 bits per heavy atom. The van der Waals surface area contributed by atoms with E-state index in [0.717, 1.165) is 23.4 Å². The Morgan fingerprint density at radius 2 is 2.22 bits per heavy atom. The Balaban J connectivity index is 2.29. The van der Waals surface area contributed by atoms with Crippen molar-refractivity contribution in [1.82, 2.24) is 0 Å². The molecule has 1 heterocycles. The summed E-state index contributed by atoms with van der Waals surface area (Å²) in [4.78, 5) is 0.900. The molecule has 0 atom stereocenters. The molecule has 0 aliphatic heterocycles. The summed E-state index contributed by atoms with van der Waals surface area (Å²) >= 11 is 1.42. The molecular weight excluding hydrogens is 246 g/mol. The Morgan fingerprint density at radius 3 is 2.83 bits per heavy atom. The maximum Gasteiger partial charge on any atom is 0.182 e. The van der Waals surface area contributed by atoms with Crippen LogP contribution in [0.3, 0.4) is 0 Å². The molecule has 0 saturated carbocycles. The highest BCUT2D eigenvalue weighted by atomic mass is 32.1. The van der Waals surface area contributed by atoms with Crippen LogP contribution in [0.25, 0.3) is 0 Å². The molecule has 0 bridgehead atoms. The number of ether oxygens (including phenoxy) is 1. The van der Waals surface area contributed by atoms with E-state index in [-0.39, 0.29) is 0 Å². The van der Waals surface area contributed by atoms with Crippen molar-refractivity contribution in [2.45, 2.75) is 19.8 Å². The number of hydrogen-bond acceptors (Lipinski definition) is 5. The summed E-state index contributed by atoms with van der Waals surface area (Å²) in [5.74, 6) is 0.518. The minimum absolute atomic E-state index is 0.518. The molecule has 0 aromatic carbocycles. The van der Waals surface area contributed by atoms with Gasteiger partial charge in [0.05, 0.1) is 12.8 Å². The number of aryl methyl sites for hydroxylation is 1. The van der Waals surface area contributed by atoms with E-state index < -0.39 is 0 Å². The zero-order chi connectivity index (χ0) is 13.0. The number of nitriles is 1. The second-order valence-electron chi connectivity index (χ2n) is 3.79. The monoisotopic (exact) mass is 259 g/mol. The van der Waals surface area contributed by atoms with Gasteiger partial charge in [-0.3, -0.25) is 0 Å². The summed E-state index contributed by atoms with van der Waals surface area (Å²) in [6.45, 7) is 1.88. The van der Waals surface area contributed by atoms with E-state index in [0.29, 0.717) is 16.3 Å². The molecule has 0 saturated heterocycles. The molecule has 0 amide bonds. The lowest BCUT2D eigenvalue weighted by atomic mass is 10.2. The van der Waals surface area contributed by atoms with Gasteiger partial charge in [0.15, 0.2) is 10.8 Å². The highest BCUT2D eigenvalue weighted by Crippen LogP contribution is 2.41. The van der Waals surface area contributed by atoms with Crippen molar-refractivity contribution in [3.05, 3.63) is 34.4 Å². The number of thiophene rings is 1. The fourth-order valence-electron chi connectivity index (χ4n) is 1.67. The summed E-state index contributed by atoms with van der Waals surface area (Å²) in [5.41, 5.74) is 1.40. The minimum Gasteiger partial charge on any atom is -0.492 e. The van der Waals surface area contributed by atoms with Crippen molar-refractivity contribution in [3.8, 4) is 11.8 Å². The van der Waals surface area contributed by atoms with Crippen LogP contribution in [0.2, 0.25) is 0 Å². The molecule has 0 N–H and O–H groups in total. The van der Waals surface area contributed by atoms with E-state index >= 15 is 0 Å². The zero-order valence-electron chi connectivity index (χ0n) is 10.3. The van der Waals surface area contributed by atoms with E-state index in [1.165, 1.54) is 11.3 Å². The molecule has 0 unspecified atom stereocenters. The van der Waals surface area contributed by atoms with Crippen molar-refractivity contribution < 1.29 is 4.74 Å². The summed E-state index contributed by atoms with van der Waals surface area (Å²) < 4.78 is 5.22. The number of methoxy groups -OCH3 is 1. The van der Waals surface area contributed by atoms with E-state index in [1.807, 2.05) is 19.1 Å². The van der Waals surface area contributed by atoms with Crippen LogP contribution in [-0.4, -0.2) is 7.11 Å². The fourth-order valence-corrected chi connectivity index (χ4v) is 2.56. The average Bonchev–Trinajstić information content (AvgIpc) is 2.72. The number of nitrogens with zero attached hydrogens (tertiary/aromatic N) is 3. The third kappa shape index (κ3) is 2.49. The second kappa shape index (κ2) is 5.61. The largest absolute Gasteiger partial charge is 0.492 e. The number of azo groups is 1. The van der Waals surface area contributed by atoms with Crippen LogP contribution < -0.4 is 4.74 Å². The van der Waals surface area contributed by atoms with Crippen molar-refractivity contribution in [1.29, 1.82) is 5.26 Å². The van der Waals surface area contributed by atoms with Crippen LogP contribution in [-0.2, 0) is 0 Å². The Hall–Kier alpha value is -1.93. The van der Waals surface area contributed by atoms with E-state index in [4.69, 9.17) is 10.00 Å². The number of allylic oxidation sites excluding steroid dienone is 3. The lowest BCUT2D eigenvalue weighted by molar-refractivity contribution is 0.416. The van der Waals surface area contributed by atoms with Crippen molar-refractivity contribution in [2.75, 3.05) is 7.11 Å². The van der Waals surface area contributed by atoms with Gasteiger partial charge < -0.3 is 4.74 Å². The van der Waals surface area contributed by atoms with Crippen molar-refractivity contribution >= 4 is 16.3 Å². The van der Waals surface area contributed by atoms with Crippen LogP contribution in [0, 0.1) is 18.3 Å². The molecular formula is C13H13N3OS. The molecule has 1 aliphatic rings. The molecule has 0 spiro atoms. The molecule has 1 aliphatic carbocycles. The maximum atomic E-state index is 9.04. The predicted octanol–water partition coefficient (Wildman–Crippen LogP) is 4.25. The SMILES string of the molecule is COc1c(N=NC2=CCCC=C2)sc(C)c1C#N. The highest BCUT2D eigenvalue weighted by Gasteiger charge is 2.16. The molecule has 92 valence electrons. The maximum absolute atomic E-state index is 9.04. The van der Waals surface area contributed by atoms with Crippen LogP contribution in [0.5, 0.6) is 5.75 Å². The van der Waals surface area contributed by atoms with Crippen molar-refractivity contribution in [3.63, 3.8) is 0 Å². The standard InChI is InChI=1S/C13H13N3OS/c1-9-11(8-14)12(17-2)13(18-9)16-15-10-6-4-3-5-7-10/h4,6-7H,3,5H2,1-2H3. The Labute approximate surface area is 110 Å². The van der Waals surface area contributed by atoms with Gasteiger partial charge in [-0.1, -0.05) is 12.2 Å². The predicted molar refractivity (Wildman–Crippen MR) is 71.3 cm³/mol. The van der Waals surface area contributed by atoms with Crippen LogP contribution >= 0.6 is 11.3 Å². The molecule has 1 aromatic rings. The van der Waals surface area contributed by atoms with E-state index in [1.54, 1.807) is 7.11 Å². The Bertz CT molecular complexity index is 576. The van der Waals surface area contributed by atoms with Gasteiger partial charge in [-0.05, 0) is 25.8 Å². The van der Waals surface area contributed by atoms with Crippen LogP contribution in [0.4, 0.5) is 5.00 Å². The zero-order valence-corrected chi connectivity index (χ0v) is 11.1. The molecule has 18 heavy (non-hydrogen) atoms. The van der Waals surface area contributed by atoms with Gasteiger partial charge in [0, 0.05) is 4.88 Å². The summed E-state index contributed by atoms with van der Waals surface area (Å²) in [6.07, 6.45) is 8.12. The lowest BCUT2D eigenvalue weighted by Gasteiger charge is -2.00. The highest BCUT2D eigenvalue weighted by molar-refractivity contribution is 7.16. The van der Waals surface area contributed by atoms with Gasteiger partial charge in [-0.25, -0.2) is 0 Å². The van der Waals surface area contributed by atoms with Gasteiger partial charge in [0.2, 0.25) is 0 Å². The smallest absolute Gasteiger partial charge is 0.182 e. The summed E-state index contributed by atoms with van der Waals surface area (Å²) in [5, 5.41) is 18.0. The second-order valence-corrected chi connectivity index (χ2v) is 5.00.